The second-order valence-corrected chi connectivity index (χ2v) is 10.6. The number of rotatable bonds is 6. The highest BCUT2D eigenvalue weighted by molar-refractivity contribution is 5.90. The van der Waals surface area contributed by atoms with Crippen molar-refractivity contribution in [3.8, 4) is 17.3 Å². The maximum atomic E-state index is 13.9. The summed E-state index contributed by atoms with van der Waals surface area (Å²) in [6.45, 7) is 3.15. The van der Waals surface area contributed by atoms with Crippen molar-refractivity contribution < 1.29 is 13.6 Å². The lowest BCUT2D eigenvalue weighted by atomic mass is 9.84. The van der Waals surface area contributed by atoms with Gasteiger partial charge in [-0.1, -0.05) is 0 Å². The van der Waals surface area contributed by atoms with Crippen LogP contribution in [0, 0.1) is 11.3 Å². The summed E-state index contributed by atoms with van der Waals surface area (Å²) in [6.07, 6.45) is 11.4. The SMILES string of the molecule is CC(F)(F)c1ccncc1NC(=O)N1CCC(N2CC(CC#N)(n3cc(-c4ncnc5[nH]ccc45)cn3)C2)CC1. The summed E-state index contributed by atoms with van der Waals surface area (Å²) < 4.78 is 29.8. The number of nitrogens with one attached hydrogen (secondary N) is 2. The lowest BCUT2D eigenvalue weighted by molar-refractivity contribution is -0.0399. The zero-order valence-electron chi connectivity index (χ0n) is 21.9. The number of nitriles is 1. The monoisotopic (exact) mass is 546 g/mol. The van der Waals surface area contributed by atoms with E-state index in [4.69, 9.17) is 0 Å². The van der Waals surface area contributed by atoms with E-state index in [1.54, 1.807) is 11.1 Å². The summed E-state index contributed by atoms with van der Waals surface area (Å²) in [4.78, 5) is 32.5. The van der Waals surface area contributed by atoms with Gasteiger partial charge in [0, 0.05) is 74.2 Å². The number of aromatic nitrogens is 6. The number of fused-ring (bicyclic) bond motifs is 1. The minimum atomic E-state index is -3.09. The first-order valence-electron chi connectivity index (χ1n) is 13.1. The zero-order valence-corrected chi connectivity index (χ0v) is 21.9. The van der Waals surface area contributed by atoms with E-state index in [0.717, 1.165) is 42.1 Å². The Morgan fingerprint density at radius 3 is 2.80 bits per heavy atom. The summed E-state index contributed by atoms with van der Waals surface area (Å²) >= 11 is 0. The van der Waals surface area contributed by atoms with Crippen LogP contribution in [0.25, 0.3) is 22.3 Å². The number of carbonyl (C=O) groups excluding carboxylic acids is 1. The molecule has 0 bridgehead atoms. The van der Waals surface area contributed by atoms with E-state index in [1.165, 1.54) is 24.8 Å². The van der Waals surface area contributed by atoms with Crippen molar-refractivity contribution in [2.75, 3.05) is 31.5 Å². The topological polar surface area (TPSA) is 132 Å². The Hall–Kier alpha value is -4.44. The molecule has 2 fully saturated rings. The van der Waals surface area contributed by atoms with E-state index in [1.807, 2.05) is 23.1 Å². The van der Waals surface area contributed by atoms with Crippen molar-refractivity contribution in [3.63, 3.8) is 0 Å². The Morgan fingerprint density at radius 1 is 1.25 bits per heavy atom. The highest BCUT2D eigenvalue weighted by Gasteiger charge is 2.48. The largest absolute Gasteiger partial charge is 0.346 e. The number of carbonyl (C=O) groups is 1. The molecule has 2 aliphatic rings. The van der Waals surface area contributed by atoms with Crippen LogP contribution in [0.15, 0.2) is 49.4 Å². The fraction of sp³-hybridized carbons (Fsp3) is 0.407. The second-order valence-electron chi connectivity index (χ2n) is 10.6. The molecule has 6 rings (SSSR count). The normalized spacial score (nSPS) is 17.9. The van der Waals surface area contributed by atoms with Crippen LogP contribution in [-0.4, -0.2) is 77.8 Å². The Balaban J connectivity index is 1.09. The molecule has 2 saturated heterocycles. The third-order valence-corrected chi connectivity index (χ3v) is 7.90. The van der Waals surface area contributed by atoms with Gasteiger partial charge in [0.1, 0.15) is 17.5 Å². The molecule has 0 saturated carbocycles. The highest BCUT2D eigenvalue weighted by atomic mass is 19.3. The number of likely N-dealkylation sites (tertiary alicyclic amines) is 2. The number of nitrogens with zero attached hydrogens (tertiary/aromatic N) is 8. The number of urea groups is 1. The van der Waals surface area contributed by atoms with Gasteiger partial charge in [0.15, 0.2) is 0 Å². The summed E-state index contributed by atoms with van der Waals surface area (Å²) in [5, 5.41) is 17.8. The van der Waals surface area contributed by atoms with Crippen LogP contribution in [0.4, 0.5) is 19.3 Å². The third-order valence-electron chi connectivity index (χ3n) is 7.90. The first-order chi connectivity index (χ1) is 19.3. The van der Waals surface area contributed by atoms with Gasteiger partial charge in [-0.3, -0.25) is 14.6 Å². The van der Waals surface area contributed by atoms with Gasteiger partial charge in [-0.25, -0.2) is 23.5 Å². The maximum Gasteiger partial charge on any atom is 0.321 e. The molecule has 2 aliphatic heterocycles. The molecule has 11 nitrogen and oxygen atoms in total. The standard InChI is InChI=1S/C27H28F2N10O/c1-26(28,29)21-3-8-31-13-22(21)36-25(40)37-10-4-19(5-11-37)38-15-27(16-38,6-7-30)39-14-18(12-35-39)23-20-2-9-32-24(20)34-17-33-23/h2-3,8-9,12-14,17,19H,4-6,10-11,15-16H2,1H3,(H,36,40)(H,32,33,34). The molecule has 2 N–H and O–H groups in total. The molecule has 206 valence electrons. The second kappa shape index (κ2) is 9.95. The van der Waals surface area contributed by atoms with Crippen LogP contribution in [0.2, 0.25) is 0 Å². The Kier molecular flexibility index (Phi) is 6.42. The number of aromatic amines is 1. The average molecular weight is 547 g/mol. The van der Waals surface area contributed by atoms with Crippen LogP contribution in [0.3, 0.4) is 0 Å². The van der Waals surface area contributed by atoms with E-state index in [2.05, 4.69) is 41.3 Å². The smallest absolute Gasteiger partial charge is 0.321 e. The number of piperidine rings is 1. The number of H-pyrrole nitrogens is 1. The third kappa shape index (κ3) is 4.64. The fourth-order valence-electron chi connectivity index (χ4n) is 5.76. The average Bonchev–Trinajstić information content (AvgIpc) is 3.61. The molecule has 4 aromatic rings. The summed E-state index contributed by atoms with van der Waals surface area (Å²) in [5.74, 6) is -3.09. The first-order valence-corrected chi connectivity index (χ1v) is 13.1. The van der Waals surface area contributed by atoms with Crippen LogP contribution in [-0.2, 0) is 11.5 Å². The van der Waals surface area contributed by atoms with Crippen molar-refractivity contribution in [2.24, 2.45) is 0 Å². The molecule has 0 aromatic carbocycles. The van der Waals surface area contributed by atoms with Gasteiger partial charge < -0.3 is 15.2 Å². The van der Waals surface area contributed by atoms with Crippen LogP contribution >= 0.6 is 0 Å². The minimum Gasteiger partial charge on any atom is -0.346 e. The Labute approximate surface area is 228 Å². The molecule has 6 heterocycles. The number of pyridine rings is 1. The summed E-state index contributed by atoms with van der Waals surface area (Å²) in [7, 11) is 0. The lowest BCUT2D eigenvalue weighted by Crippen LogP contribution is -2.66. The summed E-state index contributed by atoms with van der Waals surface area (Å²) in [5.41, 5.74) is 1.72. The lowest BCUT2D eigenvalue weighted by Gasteiger charge is -2.53. The number of alkyl halides is 2. The van der Waals surface area contributed by atoms with Crippen molar-refractivity contribution in [3.05, 3.63) is 55.0 Å². The van der Waals surface area contributed by atoms with E-state index in [9.17, 15) is 18.8 Å². The Morgan fingerprint density at radius 2 is 2.05 bits per heavy atom. The van der Waals surface area contributed by atoms with E-state index < -0.39 is 17.5 Å². The van der Waals surface area contributed by atoms with Gasteiger partial charge in [0.25, 0.3) is 5.92 Å². The van der Waals surface area contributed by atoms with Gasteiger partial charge in [-0.05, 0) is 25.0 Å². The number of amides is 2. The molecule has 0 atom stereocenters. The molecular weight excluding hydrogens is 518 g/mol. The van der Waals surface area contributed by atoms with Crippen LogP contribution in [0.1, 0.15) is 31.7 Å². The van der Waals surface area contributed by atoms with E-state index in [-0.39, 0.29) is 17.3 Å². The molecule has 0 unspecified atom stereocenters. The van der Waals surface area contributed by atoms with Crippen LogP contribution < -0.4 is 5.32 Å². The minimum absolute atomic E-state index is 0.0175. The van der Waals surface area contributed by atoms with Gasteiger partial charge >= 0.3 is 6.03 Å². The van der Waals surface area contributed by atoms with Gasteiger partial charge in [0.2, 0.25) is 0 Å². The molecule has 2 amide bonds. The highest BCUT2D eigenvalue weighted by Crippen LogP contribution is 2.37. The zero-order chi connectivity index (χ0) is 27.9. The predicted molar refractivity (Wildman–Crippen MR) is 142 cm³/mol. The van der Waals surface area contributed by atoms with Gasteiger partial charge in [0.05, 0.1) is 36.3 Å². The number of hydrogen-bond donors (Lipinski definition) is 2. The van der Waals surface area contributed by atoms with Crippen LogP contribution in [0.5, 0.6) is 0 Å². The molecule has 40 heavy (non-hydrogen) atoms. The van der Waals surface area contributed by atoms with E-state index in [0.29, 0.717) is 32.6 Å². The van der Waals surface area contributed by atoms with Gasteiger partial charge in [-0.15, -0.1) is 0 Å². The molecule has 13 heteroatoms. The van der Waals surface area contributed by atoms with Crippen molar-refractivity contribution in [1.29, 1.82) is 5.26 Å². The van der Waals surface area contributed by atoms with E-state index >= 15 is 0 Å². The number of hydrogen-bond acceptors (Lipinski definition) is 7. The predicted octanol–water partition coefficient (Wildman–Crippen LogP) is 3.95. The molecule has 0 aliphatic carbocycles. The van der Waals surface area contributed by atoms with Gasteiger partial charge in [-0.2, -0.15) is 10.4 Å². The number of anilines is 1. The molecular formula is C27H28F2N10O. The van der Waals surface area contributed by atoms with Crippen molar-refractivity contribution in [1.82, 2.24) is 39.5 Å². The molecule has 0 radical (unpaired) electrons. The molecule has 4 aromatic heterocycles. The summed E-state index contributed by atoms with van der Waals surface area (Å²) in [6, 6.07) is 5.32. The first kappa shape index (κ1) is 25.8. The maximum absolute atomic E-state index is 13.9. The number of halogens is 2. The van der Waals surface area contributed by atoms with Crippen molar-refractivity contribution >= 4 is 22.8 Å². The fourth-order valence-corrected chi connectivity index (χ4v) is 5.76. The molecule has 0 spiro atoms. The quantitative estimate of drug-likeness (QED) is 0.374. The Bertz CT molecular complexity index is 1570. The van der Waals surface area contributed by atoms with Crippen molar-refractivity contribution in [2.45, 2.75) is 43.7 Å².